The normalized spacial score (nSPS) is 22.9. The van der Waals surface area contributed by atoms with Crippen LogP contribution in [0.3, 0.4) is 0 Å². The van der Waals surface area contributed by atoms with Crippen LogP contribution in [0.25, 0.3) is 0 Å². The zero-order valence-corrected chi connectivity index (χ0v) is 14.6. The highest BCUT2D eigenvalue weighted by atomic mass is 16.2. The van der Waals surface area contributed by atoms with Crippen LogP contribution in [-0.4, -0.2) is 33.9 Å². The quantitative estimate of drug-likeness (QED) is 0.929. The Morgan fingerprint density at radius 2 is 2.08 bits per heavy atom. The molecule has 2 atom stereocenters. The predicted molar refractivity (Wildman–Crippen MR) is 96.5 cm³/mol. The van der Waals surface area contributed by atoms with E-state index in [1.54, 1.807) is 12.4 Å². The van der Waals surface area contributed by atoms with Gasteiger partial charge in [0.15, 0.2) is 0 Å². The first-order valence-corrected chi connectivity index (χ1v) is 8.92. The molecule has 0 spiro atoms. The first-order valence-electron chi connectivity index (χ1n) is 8.92. The fourth-order valence-electron chi connectivity index (χ4n) is 3.51. The van der Waals surface area contributed by atoms with Crippen molar-refractivity contribution in [2.24, 2.45) is 11.8 Å². The molecule has 2 aromatic rings. The summed E-state index contributed by atoms with van der Waals surface area (Å²) in [7, 11) is 0. The van der Waals surface area contributed by atoms with Crippen molar-refractivity contribution in [2.45, 2.75) is 32.6 Å². The second-order valence-electron chi connectivity index (χ2n) is 7.16. The molecule has 1 amide bonds. The van der Waals surface area contributed by atoms with Gasteiger partial charge in [-0.3, -0.25) is 4.79 Å². The summed E-state index contributed by atoms with van der Waals surface area (Å²) in [6.45, 7) is 5.55. The fraction of sp³-hybridized carbons (Fsp3) is 0.474. The van der Waals surface area contributed by atoms with Crippen LogP contribution in [0.1, 0.15) is 37.2 Å². The Labute approximate surface area is 147 Å². The van der Waals surface area contributed by atoms with Crippen molar-refractivity contribution in [1.82, 2.24) is 15.0 Å². The maximum atomic E-state index is 12.9. The predicted octanol–water partition coefficient (Wildman–Crippen LogP) is 2.77. The molecule has 25 heavy (non-hydrogen) atoms. The van der Waals surface area contributed by atoms with Gasteiger partial charge < -0.3 is 10.2 Å². The van der Waals surface area contributed by atoms with E-state index < -0.39 is 0 Å². The lowest BCUT2D eigenvalue weighted by molar-refractivity contribution is -0.120. The topological polar surface area (TPSA) is 71.0 Å². The molecule has 1 N–H and O–H groups in total. The maximum absolute atomic E-state index is 12.9. The van der Waals surface area contributed by atoms with Gasteiger partial charge in [-0.25, -0.2) is 15.0 Å². The van der Waals surface area contributed by atoms with Gasteiger partial charge in [0, 0.05) is 25.2 Å². The highest BCUT2D eigenvalue weighted by Gasteiger charge is 2.36. The molecule has 6 heteroatoms. The van der Waals surface area contributed by atoms with Crippen LogP contribution < -0.4 is 10.2 Å². The molecule has 1 aliphatic heterocycles. The molecule has 0 radical (unpaired) electrons. The summed E-state index contributed by atoms with van der Waals surface area (Å²) in [5.74, 6) is 2.44. The molecule has 130 valence electrons. The van der Waals surface area contributed by atoms with Crippen LogP contribution in [0.4, 0.5) is 11.5 Å². The van der Waals surface area contributed by atoms with E-state index in [1.807, 2.05) is 25.1 Å². The molecule has 1 saturated heterocycles. The maximum Gasteiger partial charge on any atom is 0.229 e. The Balaban J connectivity index is 1.48. The van der Waals surface area contributed by atoms with Crippen LogP contribution in [0.15, 0.2) is 30.6 Å². The summed E-state index contributed by atoms with van der Waals surface area (Å²) in [5.41, 5.74) is 1.77. The number of anilines is 2. The van der Waals surface area contributed by atoms with Crippen LogP contribution in [0.5, 0.6) is 0 Å². The van der Waals surface area contributed by atoms with E-state index in [1.165, 1.54) is 0 Å². The van der Waals surface area contributed by atoms with Gasteiger partial charge in [0.2, 0.25) is 5.91 Å². The van der Waals surface area contributed by atoms with Crippen molar-refractivity contribution in [3.05, 3.63) is 42.1 Å². The molecular formula is C19H23N5O. The molecule has 3 heterocycles. The van der Waals surface area contributed by atoms with E-state index in [0.29, 0.717) is 12.5 Å². The Bertz CT molecular complexity index is 775. The van der Waals surface area contributed by atoms with Crippen LogP contribution in [0.2, 0.25) is 0 Å². The van der Waals surface area contributed by atoms with E-state index in [0.717, 1.165) is 42.4 Å². The van der Waals surface area contributed by atoms with E-state index in [9.17, 15) is 4.79 Å². The highest BCUT2D eigenvalue weighted by Crippen LogP contribution is 2.42. The van der Waals surface area contributed by atoms with Crippen molar-refractivity contribution < 1.29 is 4.79 Å². The molecule has 2 aromatic heterocycles. The fourth-order valence-corrected chi connectivity index (χ4v) is 3.51. The van der Waals surface area contributed by atoms with E-state index in [4.69, 9.17) is 0 Å². The number of aryl methyl sites for hydroxylation is 1. The third-order valence-electron chi connectivity index (χ3n) is 5.08. The molecule has 2 fully saturated rings. The summed E-state index contributed by atoms with van der Waals surface area (Å²) in [6.07, 6.45) is 5.84. The molecule has 0 bridgehead atoms. The third-order valence-corrected chi connectivity index (χ3v) is 5.08. The average Bonchev–Trinajstić information content (AvgIpc) is 3.39. The zero-order valence-electron chi connectivity index (χ0n) is 14.6. The molecule has 2 aliphatic rings. The molecular weight excluding hydrogens is 314 g/mol. The Kier molecular flexibility index (Phi) is 4.11. The second-order valence-corrected chi connectivity index (χ2v) is 7.16. The summed E-state index contributed by atoms with van der Waals surface area (Å²) >= 11 is 0. The Morgan fingerprint density at radius 3 is 2.80 bits per heavy atom. The molecule has 6 nitrogen and oxygen atoms in total. The van der Waals surface area contributed by atoms with Crippen LogP contribution in [0, 0.1) is 18.8 Å². The highest BCUT2D eigenvalue weighted by molar-refractivity contribution is 5.94. The number of nitrogens with zero attached hydrogens (tertiary/aromatic N) is 4. The number of aromatic nitrogens is 3. The summed E-state index contributed by atoms with van der Waals surface area (Å²) in [5, 5.41) is 3.09. The number of pyridine rings is 1. The lowest BCUT2D eigenvalue weighted by atomic mass is 9.97. The lowest BCUT2D eigenvalue weighted by Gasteiger charge is -2.17. The number of carbonyl (C=O) groups is 1. The van der Waals surface area contributed by atoms with Gasteiger partial charge in [0.1, 0.15) is 11.6 Å². The van der Waals surface area contributed by atoms with Crippen LogP contribution in [-0.2, 0) is 4.79 Å². The van der Waals surface area contributed by atoms with Crippen molar-refractivity contribution in [2.75, 3.05) is 23.3 Å². The first-order chi connectivity index (χ1) is 12.1. The van der Waals surface area contributed by atoms with Gasteiger partial charge >= 0.3 is 0 Å². The third kappa shape index (κ3) is 3.34. The number of nitrogens with one attached hydrogen (secondary N) is 1. The smallest absolute Gasteiger partial charge is 0.229 e. The van der Waals surface area contributed by atoms with Gasteiger partial charge in [0.05, 0.1) is 23.5 Å². The molecule has 0 aromatic carbocycles. The first kappa shape index (κ1) is 16.0. The summed E-state index contributed by atoms with van der Waals surface area (Å²) in [4.78, 5) is 28.3. The monoisotopic (exact) mass is 337 g/mol. The van der Waals surface area contributed by atoms with Crippen molar-refractivity contribution in [3.8, 4) is 0 Å². The summed E-state index contributed by atoms with van der Waals surface area (Å²) in [6, 6.07) is 5.88. The lowest BCUT2D eigenvalue weighted by Crippen LogP contribution is -2.29. The largest absolute Gasteiger partial charge is 0.356 e. The van der Waals surface area contributed by atoms with E-state index >= 15 is 0 Å². The Morgan fingerprint density at radius 1 is 1.24 bits per heavy atom. The van der Waals surface area contributed by atoms with Crippen LogP contribution >= 0.6 is 0 Å². The van der Waals surface area contributed by atoms with Crippen molar-refractivity contribution in [3.63, 3.8) is 0 Å². The number of hydrogen-bond acceptors (Lipinski definition) is 5. The number of amides is 1. The molecule has 1 aliphatic carbocycles. The number of hydrogen-bond donors (Lipinski definition) is 1. The molecule has 1 saturated carbocycles. The van der Waals surface area contributed by atoms with Gasteiger partial charge in [-0.05, 0) is 37.8 Å². The minimum Gasteiger partial charge on any atom is -0.356 e. The SMILES string of the molecule is Cc1ncc(NC(=O)[C@@H]2CN(c3ccccn3)C[C@H]2C)c(C2CC2)n1. The number of rotatable bonds is 4. The average molecular weight is 337 g/mol. The Hall–Kier alpha value is -2.50. The van der Waals surface area contributed by atoms with Crippen molar-refractivity contribution >= 4 is 17.4 Å². The van der Waals surface area contributed by atoms with E-state index in [-0.39, 0.29) is 17.7 Å². The standard InChI is InChI=1S/C19H23N5O/c1-12-10-24(17-5-3-4-8-20-17)11-15(12)19(25)23-16-9-21-13(2)22-18(16)14-6-7-14/h3-5,8-9,12,14-15H,6-7,10-11H2,1-2H3,(H,23,25)/t12-,15-/m1/s1. The van der Waals surface area contributed by atoms with Crippen molar-refractivity contribution in [1.29, 1.82) is 0 Å². The van der Waals surface area contributed by atoms with Gasteiger partial charge in [-0.15, -0.1) is 0 Å². The van der Waals surface area contributed by atoms with Gasteiger partial charge in [-0.2, -0.15) is 0 Å². The molecule has 0 unspecified atom stereocenters. The second kappa shape index (κ2) is 6.43. The minimum atomic E-state index is -0.0598. The zero-order chi connectivity index (χ0) is 17.4. The van der Waals surface area contributed by atoms with Gasteiger partial charge in [-0.1, -0.05) is 13.0 Å². The summed E-state index contributed by atoms with van der Waals surface area (Å²) < 4.78 is 0. The minimum absolute atomic E-state index is 0.0558. The number of carbonyl (C=O) groups excluding carboxylic acids is 1. The van der Waals surface area contributed by atoms with Gasteiger partial charge in [0.25, 0.3) is 0 Å². The van der Waals surface area contributed by atoms with E-state index in [2.05, 4.69) is 32.1 Å². The molecule has 4 rings (SSSR count).